The summed E-state index contributed by atoms with van der Waals surface area (Å²) in [4.78, 5) is 0. The largest absolute Gasteiger partial charge is 0.376 e. The minimum Gasteiger partial charge on any atom is -0.376 e. The molecule has 0 bridgehead atoms. The van der Waals surface area contributed by atoms with Crippen molar-refractivity contribution in [2.24, 2.45) is 21.7 Å². The summed E-state index contributed by atoms with van der Waals surface area (Å²) in [6.07, 6.45) is -0.0573. The molecule has 11 heavy (non-hydrogen) atoms. The fraction of sp³-hybridized carbons (Fsp3) is 0.667. The summed E-state index contributed by atoms with van der Waals surface area (Å²) < 4.78 is 4.96. The standard InChI is InChI=1S/C6H14N4O/c1-4(5(2)11-3)9-10-6(7)8/h5H,1-3H3,(H4,7,8,10). The van der Waals surface area contributed by atoms with Crippen LogP contribution >= 0.6 is 0 Å². The van der Waals surface area contributed by atoms with E-state index in [-0.39, 0.29) is 12.1 Å². The Labute approximate surface area is 66.1 Å². The van der Waals surface area contributed by atoms with E-state index in [1.807, 2.05) is 6.92 Å². The molecule has 1 unspecified atom stereocenters. The molecule has 4 N–H and O–H groups in total. The van der Waals surface area contributed by atoms with Crippen molar-refractivity contribution >= 4 is 11.7 Å². The highest BCUT2D eigenvalue weighted by Gasteiger charge is 2.01. The molecule has 0 aromatic rings. The highest BCUT2D eigenvalue weighted by molar-refractivity contribution is 5.87. The summed E-state index contributed by atoms with van der Waals surface area (Å²) >= 11 is 0. The molecular formula is C6H14N4O. The predicted octanol–water partition coefficient (Wildman–Crippen LogP) is -0.329. The minimum absolute atomic E-state index is 0.0485. The lowest BCUT2D eigenvalue weighted by Gasteiger charge is -2.05. The smallest absolute Gasteiger partial charge is 0.211 e. The highest BCUT2D eigenvalue weighted by Crippen LogP contribution is 1.92. The van der Waals surface area contributed by atoms with Gasteiger partial charge in [0.2, 0.25) is 5.96 Å². The van der Waals surface area contributed by atoms with Crippen LogP contribution in [0.5, 0.6) is 0 Å². The molecule has 64 valence electrons. The average Bonchev–Trinajstić information content (AvgIpc) is 1.98. The third kappa shape index (κ3) is 4.32. The third-order valence-electron chi connectivity index (χ3n) is 1.27. The summed E-state index contributed by atoms with van der Waals surface area (Å²) in [5.74, 6) is -0.0485. The van der Waals surface area contributed by atoms with Crippen molar-refractivity contribution in [2.75, 3.05) is 7.11 Å². The van der Waals surface area contributed by atoms with Crippen LogP contribution in [0.25, 0.3) is 0 Å². The van der Waals surface area contributed by atoms with E-state index in [0.717, 1.165) is 5.71 Å². The molecule has 0 aromatic carbocycles. The van der Waals surface area contributed by atoms with E-state index in [1.54, 1.807) is 14.0 Å². The predicted molar refractivity (Wildman–Crippen MR) is 45.4 cm³/mol. The molecule has 5 heteroatoms. The number of nitrogens with zero attached hydrogens (tertiary/aromatic N) is 2. The van der Waals surface area contributed by atoms with Crippen molar-refractivity contribution < 1.29 is 4.74 Å². The van der Waals surface area contributed by atoms with Gasteiger partial charge in [-0.3, -0.25) is 0 Å². The quantitative estimate of drug-likeness (QED) is 0.335. The van der Waals surface area contributed by atoms with E-state index in [9.17, 15) is 0 Å². The molecule has 5 nitrogen and oxygen atoms in total. The van der Waals surface area contributed by atoms with Gasteiger partial charge in [0.15, 0.2) is 0 Å². The van der Waals surface area contributed by atoms with Gasteiger partial charge in [-0.25, -0.2) is 0 Å². The third-order valence-corrected chi connectivity index (χ3v) is 1.27. The van der Waals surface area contributed by atoms with Crippen LogP contribution in [-0.4, -0.2) is 24.9 Å². The van der Waals surface area contributed by atoms with Crippen LogP contribution in [0.2, 0.25) is 0 Å². The second kappa shape index (κ2) is 4.68. The van der Waals surface area contributed by atoms with Gasteiger partial charge in [-0.05, 0) is 13.8 Å². The van der Waals surface area contributed by atoms with Crippen LogP contribution in [0.15, 0.2) is 10.2 Å². The molecule has 0 rings (SSSR count). The maximum absolute atomic E-state index is 5.06. The van der Waals surface area contributed by atoms with E-state index in [2.05, 4.69) is 10.2 Å². The Morgan fingerprint density at radius 1 is 1.36 bits per heavy atom. The van der Waals surface area contributed by atoms with E-state index in [0.29, 0.717) is 0 Å². The Morgan fingerprint density at radius 3 is 2.27 bits per heavy atom. The van der Waals surface area contributed by atoms with E-state index in [1.165, 1.54) is 0 Å². The van der Waals surface area contributed by atoms with Gasteiger partial charge in [-0.1, -0.05) is 0 Å². The summed E-state index contributed by atoms with van der Waals surface area (Å²) in [7, 11) is 1.60. The Hall–Kier alpha value is -1.10. The van der Waals surface area contributed by atoms with E-state index < -0.39 is 0 Å². The monoisotopic (exact) mass is 158 g/mol. The van der Waals surface area contributed by atoms with Crippen molar-refractivity contribution in [3.05, 3.63) is 0 Å². The first-order chi connectivity index (χ1) is 5.07. The van der Waals surface area contributed by atoms with Crippen LogP contribution in [0, 0.1) is 0 Å². The Kier molecular flexibility index (Phi) is 4.21. The molecule has 0 aliphatic heterocycles. The zero-order chi connectivity index (χ0) is 8.85. The lowest BCUT2D eigenvalue weighted by atomic mass is 10.3. The number of nitrogens with two attached hydrogens (primary N) is 2. The van der Waals surface area contributed by atoms with Crippen molar-refractivity contribution in [3.8, 4) is 0 Å². The maximum Gasteiger partial charge on any atom is 0.211 e. The summed E-state index contributed by atoms with van der Waals surface area (Å²) in [5, 5.41) is 7.20. The first-order valence-electron chi connectivity index (χ1n) is 3.23. The van der Waals surface area contributed by atoms with Crippen LogP contribution in [0.1, 0.15) is 13.8 Å². The van der Waals surface area contributed by atoms with Crippen molar-refractivity contribution in [1.29, 1.82) is 0 Å². The fourth-order valence-electron chi connectivity index (χ4n) is 0.388. The van der Waals surface area contributed by atoms with Gasteiger partial charge in [0, 0.05) is 7.11 Å². The molecule has 0 fully saturated rings. The van der Waals surface area contributed by atoms with Gasteiger partial charge in [0.1, 0.15) is 0 Å². The number of rotatable bonds is 3. The zero-order valence-electron chi connectivity index (χ0n) is 7.03. The van der Waals surface area contributed by atoms with Crippen LogP contribution in [0.3, 0.4) is 0 Å². The highest BCUT2D eigenvalue weighted by atomic mass is 16.5. The lowest BCUT2D eigenvalue weighted by molar-refractivity contribution is 0.170. The molecule has 0 saturated carbocycles. The Balaban J connectivity index is 4.11. The van der Waals surface area contributed by atoms with E-state index >= 15 is 0 Å². The number of hydrogen-bond acceptors (Lipinski definition) is 3. The molecular weight excluding hydrogens is 144 g/mol. The molecule has 0 spiro atoms. The molecule has 0 heterocycles. The van der Waals surface area contributed by atoms with Crippen molar-refractivity contribution in [1.82, 2.24) is 0 Å². The average molecular weight is 158 g/mol. The van der Waals surface area contributed by atoms with Crippen molar-refractivity contribution in [3.63, 3.8) is 0 Å². The van der Waals surface area contributed by atoms with Gasteiger partial charge in [-0.2, -0.15) is 5.10 Å². The van der Waals surface area contributed by atoms with Gasteiger partial charge < -0.3 is 16.2 Å². The molecule has 1 atom stereocenters. The van der Waals surface area contributed by atoms with E-state index in [4.69, 9.17) is 16.2 Å². The molecule has 0 radical (unpaired) electrons. The van der Waals surface area contributed by atoms with Crippen LogP contribution < -0.4 is 11.5 Å². The molecule has 0 aromatic heterocycles. The lowest BCUT2D eigenvalue weighted by Crippen LogP contribution is -2.22. The van der Waals surface area contributed by atoms with Gasteiger partial charge in [-0.15, -0.1) is 5.10 Å². The summed E-state index contributed by atoms with van der Waals surface area (Å²) in [5.41, 5.74) is 10.9. The Morgan fingerprint density at radius 2 is 1.91 bits per heavy atom. The molecule has 0 aliphatic rings. The van der Waals surface area contributed by atoms with Gasteiger partial charge in [0.05, 0.1) is 11.8 Å². The second-order valence-corrected chi connectivity index (χ2v) is 2.14. The van der Waals surface area contributed by atoms with Crippen LogP contribution in [-0.2, 0) is 4.74 Å². The number of ether oxygens (including phenoxy) is 1. The first-order valence-corrected chi connectivity index (χ1v) is 3.23. The minimum atomic E-state index is -0.0573. The normalized spacial score (nSPS) is 14.3. The zero-order valence-corrected chi connectivity index (χ0v) is 7.03. The van der Waals surface area contributed by atoms with Gasteiger partial charge >= 0.3 is 0 Å². The number of guanidine groups is 1. The molecule has 0 saturated heterocycles. The van der Waals surface area contributed by atoms with Gasteiger partial charge in [0.25, 0.3) is 0 Å². The topological polar surface area (TPSA) is 86.0 Å². The second-order valence-electron chi connectivity index (χ2n) is 2.14. The number of methoxy groups -OCH3 is 1. The van der Waals surface area contributed by atoms with Crippen molar-refractivity contribution in [2.45, 2.75) is 20.0 Å². The fourth-order valence-corrected chi connectivity index (χ4v) is 0.388. The molecule has 0 amide bonds. The SMILES string of the molecule is COC(C)C(C)=NN=C(N)N. The molecule has 0 aliphatic carbocycles. The maximum atomic E-state index is 5.06. The van der Waals surface area contributed by atoms with Crippen LogP contribution in [0.4, 0.5) is 0 Å². The Bertz CT molecular complexity index is 171. The number of hydrogen-bond donors (Lipinski definition) is 2. The summed E-state index contributed by atoms with van der Waals surface area (Å²) in [6, 6.07) is 0. The first kappa shape index (κ1) is 9.90. The summed E-state index contributed by atoms with van der Waals surface area (Å²) in [6.45, 7) is 3.65.